The number of fused-ring (bicyclic) bond motifs is 3. The van der Waals surface area contributed by atoms with Gasteiger partial charge in [-0.1, -0.05) is 12.1 Å². The fourth-order valence-electron chi connectivity index (χ4n) is 5.17. The molecule has 0 bridgehead atoms. The van der Waals surface area contributed by atoms with Gasteiger partial charge in [0.25, 0.3) is 0 Å². The van der Waals surface area contributed by atoms with E-state index in [-0.39, 0.29) is 35.7 Å². The molecule has 2 aliphatic heterocycles. The Kier molecular flexibility index (Phi) is 5.72. The second-order valence-corrected chi connectivity index (χ2v) is 11.1. The lowest BCUT2D eigenvalue weighted by Gasteiger charge is -2.46. The molecule has 13 heteroatoms. The number of alkyl halides is 7. The Morgan fingerprint density at radius 1 is 0.914 bits per heavy atom. The third kappa shape index (κ3) is 3.45. The molecule has 4 nitrogen and oxygen atoms in total. The molecule has 1 saturated heterocycles. The van der Waals surface area contributed by atoms with Crippen molar-refractivity contribution in [1.29, 1.82) is 0 Å². The van der Waals surface area contributed by atoms with Crippen LogP contribution in [0.3, 0.4) is 0 Å². The van der Waals surface area contributed by atoms with Crippen molar-refractivity contribution >= 4 is 15.5 Å². The quantitative estimate of drug-likeness (QED) is 0.418. The number of likely N-dealkylation sites (N-methyl/N-ethyl adjacent to an activating group) is 2. The standard InChI is InChI=1S/C22H20F8N2O2S/c1-31-10-9-19(35(33,34)15-6-4-14(23)5-7-15)16-8-3-13(11-17(16)32(2)12-18(19)31)20(24,21(25,26)27)22(28,29)30/h3-8,11,18H,9-10,12H2,1-2H3. The molecular formula is C22H20F8N2O2S. The van der Waals surface area contributed by atoms with Gasteiger partial charge in [0, 0.05) is 31.4 Å². The summed E-state index contributed by atoms with van der Waals surface area (Å²) in [7, 11) is -1.29. The molecule has 2 unspecified atom stereocenters. The number of hydrogen-bond acceptors (Lipinski definition) is 4. The maximum absolute atomic E-state index is 14.8. The maximum Gasteiger partial charge on any atom is 0.435 e. The van der Waals surface area contributed by atoms with Gasteiger partial charge in [-0.05, 0) is 49.4 Å². The Bertz CT molecular complexity index is 1230. The summed E-state index contributed by atoms with van der Waals surface area (Å²) >= 11 is 0. The number of nitrogens with zero attached hydrogens (tertiary/aromatic N) is 2. The van der Waals surface area contributed by atoms with Crippen molar-refractivity contribution in [3.05, 3.63) is 59.4 Å². The largest absolute Gasteiger partial charge is 0.435 e. The first-order chi connectivity index (χ1) is 16.0. The first-order valence-electron chi connectivity index (χ1n) is 10.4. The molecule has 0 aliphatic carbocycles. The Morgan fingerprint density at radius 2 is 1.49 bits per heavy atom. The van der Waals surface area contributed by atoms with Crippen LogP contribution in [-0.4, -0.2) is 58.9 Å². The molecule has 2 aliphatic rings. The number of likely N-dealkylation sites (tertiary alicyclic amines) is 1. The van der Waals surface area contributed by atoms with Crippen LogP contribution in [0.2, 0.25) is 0 Å². The number of sulfone groups is 1. The van der Waals surface area contributed by atoms with Crippen LogP contribution in [0.5, 0.6) is 0 Å². The van der Waals surface area contributed by atoms with Crippen LogP contribution in [0.4, 0.5) is 40.8 Å². The molecule has 2 aromatic carbocycles. The highest BCUT2D eigenvalue weighted by molar-refractivity contribution is 7.92. The summed E-state index contributed by atoms with van der Waals surface area (Å²) in [5, 5.41) is 0. The van der Waals surface area contributed by atoms with Crippen LogP contribution in [0.25, 0.3) is 0 Å². The van der Waals surface area contributed by atoms with Crippen molar-refractivity contribution in [3.63, 3.8) is 0 Å². The lowest BCUT2D eigenvalue weighted by Crippen LogP contribution is -2.56. The van der Waals surface area contributed by atoms with Crippen LogP contribution in [0.15, 0.2) is 47.4 Å². The Balaban J connectivity index is 1.98. The third-order valence-electron chi connectivity index (χ3n) is 7.00. The van der Waals surface area contributed by atoms with Gasteiger partial charge in [-0.15, -0.1) is 0 Å². The summed E-state index contributed by atoms with van der Waals surface area (Å²) in [6, 6.07) is 4.88. The summed E-state index contributed by atoms with van der Waals surface area (Å²) in [6.07, 6.45) is -12.6. The number of benzene rings is 2. The first kappa shape index (κ1) is 25.7. The predicted octanol–water partition coefficient (Wildman–Crippen LogP) is 4.94. The molecule has 1 fully saturated rings. The maximum atomic E-state index is 14.8. The lowest BCUT2D eigenvalue weighted by atomic mass is 9.82. The third-order valence-corrected chi connectivity index (χ3v) is 9.55. The second-order valence-electron chi connectivity index (χ2n) is 8.86. The van der Waals surface area contributed by atoms with E-state index in [9.17, 15) is 43.5 Å². The highest BCUT2D eigenvalue weighted by atomic mass is 32.2. The van der Waals surface area contributed by atoms with Crippen molar-refractivity contribution in [2.24, 2.45) is 0 Å². The molecule has 35 heavy (non-hydrogen) atoms. The van der Waals surface area contributed by atoms with E-state index in [0.717, 1.165) is 30.3 Å². The van der Waals surface area contributed by atoms with E-state index in [1.165, 1.54) is 11.9 Å². The molecule has 0 spiro atoms. The molecule has 0 radical (unpaired) electrons. The van der Waals surface area contributed by atoms with E-state index < -0.39 is 50.0 Å². The average Bonchev–Trinajstić information content (AvgIpc) is 3.10. The molecule has 0 saturated carbocycles. The van der Waals surface area contributed by atoms with Gasteiger partial charge < -0.3 is 4.90 Å². The molecule has 0 aromatic heterocycles. The van der Waals surface area contributed by atoms with Gasteiger partial charge in [0.05, 0.1) is 10.9 Å². The van der Waals surface area contributed by atoms with E-state index in [2.05, 4.69) is 0 Å². The van der Waals surface area contributed by atoms with Crippen molar-refractivity contribution in [1.82, 2.24) is 4.90 Å². The highest BCUT2D eigenvalue weighted by Crippen LogP contribution is 2.57. The predicted molar refractivity (Wildman–Crippen MR) is 111 cm³/mol. The number of hydrogen-bond donors (Lipinski definition) is 0. The van der Waals surface area contributed by atoms with E-state index in [1.807, 2.05) is 0 Å². The summed E-state index contributed by atoms with van der Waals surface area (Å²) in [5.74, 6) is -0.687. The smallest absolute Gasteiger partial charge is 0.373 e. The minimum absolute atomic E-state index is 0.0205. The van der Waals surface area contributed by atoms with Gasteiger partial charge in [0.1, 0.15) is 10.6 Å². The van der Waals surface area contributed by atoms with Crippen LogP contribution in [0, 0.1) is 5.82 Å². The zero-order valence-corrected chi connectivity index (χ0v) is 19.2. The molecule has 192 valence electrons. The van der Waals surface area contributed by atoms with Gasteiger partial charge in [0.2, 0.25) is 0 Å². The molecule has 2 atom stereocenters. The monoisotopic (exact) mass is 528 g/mol. The van der Waals surface area contributed by atoms with Crippen LogP contribution >= 0.6 is 0 Å². The number of halogens is 8. The summed E-state index contributed by atoms with van der Waals surface area (Å²) in [5.41, 5.74) is -7.64. The SMILES string of the molecule is CN1CC2N(C)CCC2(S(=O)(=O)c2ccc(F)cc2)c2ccc(C(F)(C(F)(F)F)C(F)(F)F)cc21. The van der Waals surface area contributed by atoms with Crippen LogP contribution < -0.4 is 4.90 Å². The van der Waals surface area contributed by atoms with Crippen molar-refractivity contribution in [2.45, 2.75) is 40.1 Å². The minimum Gasteiger partial charge on any atom is -0.373 e. The van der Waals surface area contributed by atoms with E-state index in [4.69, 9.17) is 0 Å². The first-order valence-corrected chi connectivity index (χ1v) is 11.9. The topological polar surface area (TPSA) is 40.6 Å². The zero-order valence-electron chi connectivity index (χ0n) is 18.4. The summed E-state index contributed by atoms with van der Waals surface area (Å²) in [6.45, 7) is 0.197. The Morgan fingerprint density at radius 3 is 2.03 bits per heavy atom. The number of anilines is 1. The van der Waals surface area contributed by atoms with Crippen molar-refractivity contribution in [3.8, 4) is 0 Å². The molecule has 2 aromatic rings. The van der Waals surface area contributed by atoms with Crippen LogP contribution in [0.1, 0.15) is 17.5 Å². The molecular weight excluding hydrogens is 508 g/mol. The number of rotatable bonds is 3. The van der Waals surface area contributed by atoms with Gasteiger partial charge in [-0.3, -0.25) is 4.90 Å². The zero-order chi connectivity index (χ0) is 26.2. The lowest BCUT2D eigenvalue weighted by molar-refractivity contribution is -0.348. The normalized spacial score (nSPS) is 23.8. The highest BCUT2D eigenvalue weighted by Gasteiger charge is 2.74. The average molecular weight is 528 g/mol. The Hall–Kier alpha value is -2.41. The van der Waals surface area contributed by atoms with Gasteiger partial charge in [0.15, 0.2) is 9.84 Å². The minimum atomic E-state index is -6.30. The van der Waals surface area contributed by atoms with Gasteiger partial charge >= 0.3 is 18.0 Å². The van der Waals surface area contributed by atoms with E-state index in [1.54, 1.807) is 11.9 Å². The van der Waals surface area contributed by atoms with Crippen molar-refractivity contribution < 1.29 is 43.5 Å². The van der Waals surface area contributed by atoms with Gasteiger partial charge in [-0.25, -0.2) is 17.2 Å². The van der Waals surface area contributed by atoms with E-state index >= 15 is 0 Å². The fourth-order valence-corrected chi connectivity index (χ4v) is 7.52. The Labute approximate surface area is 196 Å². The van der Waals surface area contributed by atoms with Gasteiger partial charge in [-0.2, -0.15) is 26.3 Å². The molecule has 0 amide bonds. The van der Waals surface area contributed by atoms with Crippen LogP contribution in [-0.2, 0) is 20.3 Å². The molecule has 2 heterocycles. The fraction of sp³-hybridized carbons (Fsp3) is 0.455. The second kappa shape index (κ2) is 7.79. The molecule has 0 N–H and O–H groups in total. The van der Waals surface area contributed by atoms with E-state index in [0.29, 0.717) is 12.1 Å². The van der Waals surface area contributed by atoms with Crippen molar-refractivity contribution in [2.75, 3.05) is 32.1 Å². The summed E-state index contributed by atoms with van der Waals surface area (Å²) < 4.78 is 134. The molecule has 4 rings (SSSR count). The summed E-state index contributed by atoms with van der Waals surface area (Å²) in [4.78, 5) is 2.81.